The van der Waals surface area contributed by atoms with E-state index in [1.165, 1.54) is 18.4 Å². The Morgan fingerprint density at radius 3 is 2.20 bits per heavy atom. The van der Waals surface area contributed by atoms with Gasteiger partial charge in [0.15, 0.2) is 0 Å². The first-order chi connectivity index (χ1) is 6.88. The molecule has 6 heteroatoms. The van der Waals surface area contributed by atoms with Crippen molar-refractivity contribution in [2.24, 2.45) is 0 Å². The van der Waals surface area contributed by atoms with Gasteiger partial charge in [-0.25, -0.2) is 8.42 Å². The van der Waals surface area contributed by atoms with Crippen LogP contribution in [0.4, 0.5) is 0 Å². The van der Waals surface area contributed by atoms with Crippen LogP contribution in [-0.2, 0) is 27.3 Å². The smallest absolute Gasteiger partial charge is 0.147 e. The zero-order valence-electron chi connectivity index (χ0n) is 8.17. The van der Waals surface area contributed by atoms with E-state index in [4.69, 9.17) is 0 Å². The summed E-state index contributed by atoms with van der Waals surface area (Å²) in [5, 5.41) is 0. The molecule has 1 atom stereocenters. The number of sulfone groups is 1. The first kappa shape index (κ1) is 12.4. The zero-order valence-corrected chi connectivity index (χ0v) is 9.81. The summed E-state index contributed by atoms with van der Waals surface area (Å²) in [5.74, 6) is 0.0762. The molecule has 15 heavy (non-hydrogen) atoms. The second kappa shape index (κ2) is 4.87. The van der Waals surface area contributed by atoms with E-state index in [1.54, 1.807) is 12.1 Å². The molecular weight excluding hydrogens is 236 g/mol. The van der Waals surface area contributed by atoms with E-state index in [2.05, 4.69) is 0 Å². The molecule has 0 fully saturated rings. The minimum absolute atomic E-state index is 0.0762. The van der Waals surface area contributed by atoms with Crippen molar-refractivity contribution in [1.29, 1.82) is 0 Å². The summed E-state index contributed by atoms with van der Waals surface area (Å²) >= 11 is -2.23. The lowest BCUT2D eigenvalue weighted by Crippen LogP contribution is -2.05. The monoisotopic (exact) mass is 247 g/mol. The fourth-order valence-electron chi connectivity index (χ4n) is 1.07. The quantitative estimate of drug-likeness (QED) is 0.727. The van der Waals surface area contributed by atoms with Crippen molar-refractivity contribution < 1.29 is 17.2 Å². The Labute approximate surface area is 91.5 Å². The fourth-order valence-corrected chi connectivity index (χ4v) is 2.04. The molecule has 0 aliphatic heterocycles. The average molecular weight is 247 g/mol. The van der Waals surface area contributed by atoms with Gasteiger partial charge in [-0.1, -0.05) is 12.1 Å². The van der Waals surface area contributed by atoms with Crippen molar-refractivity contribution in [3.63, 3.8) is 0 Å². The van der Waals surface area contributed by atoms with Gasteiger partial charge in [0.05, 0.1) is 5.75 Å². The molecule has 0 saturated heterocycles. The van der Waals surface area contributed by atoms with Crippen molar-refractivity contribution in [3.8, 4) is 0 Å². The Bertz CT molecular complexity index is 448. The third-order valence-corrected chi connectivity index (χ3v) is 3.48. The molecule has 0 saturated carbocycles. The Morgan fingerprint density at radius 2 is 1.80 bits per heavy atom. The Morgan fingerprint density at radius 1 is 1.27 bits per heavy atom. The van der Waals surface area contributed by atoms with Crippen LogP contribution in [0, 0.1) is 0 Å². The van der Waals surface area contributed by atoms with Crippen LogP contribution in [0.5, 0.6) is 0 Å². The van der Waals surface area contributed by atoms with Crippen LogP contribution < -0.4 is 0 Å². The van der Waals surface area contributed by atoms with E-state index in [-0.39, 0.29) is 10.6 Å². The van der Waals surface area contributed by atoms with Crippen LogP contribution in [0.3, 0.4) is 0 Å². The summed E-state index contributed by atoms with van der Waals surface area (Å²) in [7, 11) is -2.97. The van der Waals surface area contributed by atoms with Crippen LogP contribution in [0.2, 0.25) is 0 Å². The van der Waals surface area contributed by atoms with Crippen molar-refractivity contribution >= 4 is 20.9 Å². The van der Waals surface area contributed by atoms with Gasteiger partial charge in [-0.2, -0.15) is 0 Å². The van der Waals surface area contributed by atoms with Crippen LogP contribution in [0.15, 0.2) is 29.2 Å². The maximum Gasteiger partial charge on any atom is 0.147 e. The number of benzene rings is 1. The first-order valence-corrected chi connectivity index (χ1v) is 7.38. The lowest BCUT2D eigenvalue weighted by Gasteiger charge is -2.05. The first-order valence-electron chi connectivity index (χ1n) is 4.24. The zero-order chi connectivity index (χ0) is 11.5. The maximum atomic E-state index is 10.9. The second-order valence-corrected chi connectivity index (χ2v) is 6.46. The van der Waals surface area contributed by atoms with Gasteiger partial charge in [-0.3, -0.25) is 4.21 Å². The molecule has 1 unspecified atom stereocenters. The Hall–Kier alpha value is -0.720. The standard InChI is InChI=1S/C9H12O4S2/c1-15(12,13)7-6-8-2-4-9(5-3-8)14(10)11/h2-5H,6-7H2,1H3,(H,10,11)/p-1. The lowest BCUT2D eigenvalue weighted by molar-refractivity contribution is 0.537. The third kappa shape index (κ3) is 4.55. The molecule has 0 aliphatic rings. The molecule has 0 radical (unpaired) electrons. The molecule has 0 bridgehead atoms. The molecule has 1 aromatic carbocycles. The van der Waals surface area contributed by atoms with Crippen molar-refractivity contribution in [2.75, 3.05) is 12.0 Å². The van der Waals surface area contributed by atoms with Gasteiger partial charge in [-0.15, -0.1) is 0 Å². The molecule has 0 spiro atoms. The Kier molecular flexibility index (Phi) is 4.01. The maximum absolute atomic E-state index is 10.9. The van der Waals surface area contributed by atoms with Gasteiger partial charge >= 0.3 is 0 Å². The van der Waals surface area contributed by atoms with Crippen molar-refractivity contribution in [2.45, 2.75) is 11.3 Å². The molecule has 0 N–H and O–H groups in total. The third-order valence-electron chi connectivity index (χ3n) is 1.88. The highest BCUT2D eigenvalue weighted by Crippen LogP contribution is 2.08. The molecule has 0 aromatic heterocycles. The summed E-state index contributed by atoms with van der Waals surface area (Å²) < 4.78 is 42.8. The Balaban J connectivity index is 2.69. The van der Waals surface area contributed by atoms with Crippen LogP contribution in [-0.4, -0.2) is 29.2 Å². The predicted molar refractivity (Wildman–Crippen MR) is 57.0 cm³/mol. The second-order valence-electron chi connectivity index (χ2n) is 3.26. The number of aryl methyl sites for hydroxylation is 1. The van der Waals surface area contributed by atoms with E-state index < -0.39 is 20.9 Å². The largest absolute Gasteiger partial charge is 0.768 e. The van der Waals surface area contributed by atoms with Crippen LogP contribution >= 0.6 is 0 Å². The summed E-state index contributed by atoms with van der Waals surface area (Å²) in [5.41, 5.74) is 0.814. The SMILES string of the molecule is CS(=O)(=O)CCc1ccc(S(=O)[O-])cc1. The van der Waals surface area contributed by atoms with Gasteiger partial charge in [0.1, 0.15) is 9.84 Å². The highest BCUT2D eigenvalue weighted by Gasteiger charge is 2.02. The topological polar surface area (TPSA) is 74.3 Å². The minimum Gasteiger partial charge on any atom is -0.768 e. The minimum atomic E-state index is -2.97. The highest BCUT2D eigenvalue weighted by molar-refractivity contribution is 7.90. The van der Waals surface area contributed by atoms with E-state index >= 15 is 0 Å². The molecule has 84 valence electrons. The fraction of sp³-hybridized carbons (Fsp3) is 0.333. The van der Waals surface area contributed by atoms with Crippen molar-refractivity contribution in [3.05, 3.63) is 29.8 Å². The van der Waals surface area contributed by atoms with Crippen LogP contribution in [0.25, 0.3) is 0 Å². The van der Waals surface area contributed by atoms with Crippen LogP contribution in [0.1, 0.15) is 5.56 Å². The summed E-state index contributed by atoms with van der Waals surface area (Å²) in [6.07, 6.45) is 1.58. The molecule has 4 nitrogen and oxygen atoms in total. The molecule has 1 rings (SSSR count). The van der Waals surface area contributed by atoms with Crippen molar-refractivity contribution in [1.82, 2.24) is 0 Å². The number of rotatable bonds is 4. The van der Waals surface area contributed by atoms with Gasteiger partial charge in [0.2, 0.25) is 0 Å². The molecular formula is C9H11O4S2-. The number of hydrogen-bond acceptors (Lipinski definition) is 4. The number of hydrogen-bond donors (Lipinski definition) is 0. The van der Waals surface area contributed by atoms with E-state index in [0.29, 0.717) is 6.42 Å². The average Bonchev–Trinajstić information content (AvgIpc) is 2.14. The lowest BCUT2D eigenvalue weighted by atomic mass is 10.2. The van der Waals surface area contributed by atoms with E-state index in [9.17, 15) is 17.2 Å². The van der Waals surface area contributed by atoms with E-state index in [1.807, 2.05) is 0 Å². The van der Waals surface area contributed by atoms with E-state index in [0.717, 1.165) is 5.56 Å². The molecule has 1 aromatic rings. The molecule has 0 amide bonds. The highest BCUT2D eigenvalue weighted by atomic mass is 32.2. The molecule has 0 heterocycles. The van der Waals surface area contributed by atoms with Gasteiger partial charge in [-0.05, 0) is 35.2 Å². The summed E-state index contributed by atoms with van der Waals surface area (Å²) in [4.78, 5) is 0.207. The normalized spacial score (nSPS) is 13.7. The van der Waals surface area contributed by atoms with Gasteiger partial charge in [0, 0.05) is 11.2 Å². The van der Waals surface area contributed by atoms with Gasteiger partial charge in [0.25, 0.3) is 0 Å². The predicted octanol–water partition coefficient (Wildman–Crippen LogP) is 0.512. The van der Waals surface area contributed by atoms with Gasteiger partial charge < -0.3 is 4.55 Å². The summed E-state index contributed by atoms with van der Waals surface area (Å²) in [6.45, 7) is 0. The summed E-state index contributed by atoms with van der Waals surface area (Å²) in [6, 6.07) is 6.16. The molecule has 0 aliphatic carbocycles.